The molecule has 0 radical (unpaired) electrons. The molecule has 0 unspecified atom stereocenters. The maximum atomic E-state index is 12.2. The largest absolute Gasteiger partial charge is 0.573 e. The topological polar surface area (TPSA) is 98.9 Å². The van der Waals surface area contributed by atoms with Gasteiger partial charge in [-0.25, -0.2) is 4.79 Å². The van der Waals surface area contributed by atoms with Gasteiger partial charge in [-0.05, 0) is 43.0 Å². The number of hydrogen-bond donors (Lipinski definition) is 1. The van der Waals surface area contributed by atoms with E-state index in [1.54, 1.807) is 0 Å². The molecule has 1 aromatic rings. The van der Waals surface area contributed by atoms with Crippen LogP contribution in [0, 0.1) is 0 Å². The van der Waals surface area contributed by atoms with E-state index in [-0.39, 0.29) is 5.75 Å². The molecule has 0 aromatic heterocycles. The van der Waals surface area contributed by atoms with E-state index in [1.165, 1.54) is 23.1 Å². The number of rotatable bonds is 6. The van der Waals surface area contributed by atoms with Crippen LogP contribution in [0.1, 0.15) is 24.8 Å². The summed E-state index contributed by atoms with van der Waals surface area (Å²) >= 11 is 0. The molecule has 1 fully saturated rings. The Balaban J connectivity index is 1.84. The number of carbonyl (C=O) groups is 3. The number of ether oxygens (including phenoxy) is 2. The zero-order valence-electron chi connectivity index (χ0n) is 14.8. The number of nitrogens with two attached hydrogens (primary N) is 1. The molecule has 1 heterocycles. The van der Waals surface area contributed by atoms with Crippen LogP contribution in [-0.2, 0) is 19.1 Å². The van der Waals surface area contributed by atoms with Gasteiger partial charge in [0.25, 0.3) is 5.91 Å². The number of benzene rings is 1. The quantitative estimate of drug-likeness (QED) is 0.582. The Kier molecular flexibility index (Phi) is 7.02. The van der Waals surface area contributed by atoms with Crippen LogP contribution in [0.5, 0.6) is 5.75 Å². The van der Waals surface area contributed by atoms with Gasteiger partial charge >= 0.3 is 12.3 Å². The zero-order valence-corrected chi connectivity index (χ0v) is 14.8. The number of primary amides is 1. The van der Waals surface area contributed by atoms with Crippen LogP contribution < -0.4 is 10.5 Å². The van der Waals surface area contributed by atoms with Crippen LogP contribution in [0.4, 0.5) is 13.2 Å². The van der Waals surface area contributed by atoms with Crippen molar-refractivity contribution in [1.82, 2.24) is 4.90 Å². The minimum Gasteiger partial charge on any atom is -0.452 e. The first kappa shape index (κ1) is 21.3. The Bertz CT molecular complexity index is 747. The molecule has 1 aliphatic rings. The highest BCUT2D eigenvalue weighted by atomic mass is 19.4. The standard InChI is InChI=1S/C18H19F3N2O5/c19-18(20,21)28-13-7-4-12(5-8-13)6-9-16(25)27-11-15(24)23-10-2-1-3-14(23)17(22)26/h4-9,14H,1-3,10-11H2,(H2,22,26)/b9-6+/t14-/m1/s1. The lowest BCUT2D eigenvalue weighted by atomic mass is 10.0. The summed E-state index contributed by atoms with van der Waals surface area (Å²) in [4.78, 5) is 36.6. The molecule has 28 heavy (non-hydrogen) atoms. The number of carbonyl (C=O) groups excluding carboxylic acids is 3. The molecular weight excluding hydrogens is 381 g/mol. The molecule has 0 bridgehead atoms. The zero-order chi connectivity index (χ0) is 20.7. The average molecular weight is 400 g/mol. The predicted octanol–water partition coefficient (Wildman–Crippen LogP) is 2.01. The number of alkyl halides is 3. The molecule has 0 aliphatic carbocycles. The third kappa shape index (κ3) is 6.60. The smallest absolute Gasteiger partial charge is 0.452 e. The van der Waals surface area contributed by atoms with Crippen molar-refractivity contribution in [3.63, 3.8) is 0 Å². The van der Waals surface area contributed by atoms with E-state index in [4.69, 9.17) is 10.5 Å². The van der Waals surface area contributed by atoms with E-state index in [2.05, 4.69) is 4.74 Å². The van der Waals surface area contributed by atoms with Gasteiger partial charge in [-0.2, -0.15) is 0 Å². The van der Waals surface area contributed by atoms with Crippen molar-refractivity contribution in [2.75, 3.05) is 13.2 Å². The van der Waals surface area contributed by atoms with Gasteiger partial charge in [0, 0.05) is 12.6 Å². The number of nitrogens with zero attached hydrogens (tertiary/aromatic N) is 1. The van der Waals surface area contributed by atoms with E-state index in [1.807, 2.05) is 0 Å². The molecule has 2 N–H and O–H groups in total. The summed E-state index contributed by atoms with van der Waals surface area (Å²) in [6, 6.07) is 4.14. The fourth-order valence-corrected chi connectivity index (χ4v) is 2.73. The summed E-state index contributed by atoms with van der Waals surface area (Å²) in [6.07, 6.45) is -0.436. The number of halogens is 3. The van der Waals surface area contributed by atoms with Gasteiger partial charge in [-0.3, -0.25) is 9.59 Å². The summed E-state index contributed by atoms with van der Waals surface area (Å²) in [5.74, 6) is -2.31. The lowest BCUT2D eigenvalue weighted by molar-refractivity contribution is -0.274. The van der Waals surface area contributed by atoms with Crippen LogP contribution >= 0.6 is 0 Å². The predicted molar refractivity (Wildman–Crippen MR) is 91.7 cm³/mol. The van der Waals surface area contributed by atoms with Gasteiger partial charge in [0.1, 0.15) is 11.8 Å². The highest BCUT2D eigenvalue weighted by Crippen LogP contribution is 2.23. The number of piperidine rings is 1. The number of amides is 2. The molecule has 0 spiro atoms. The fourth-order valence-electron chi connectivity index (χ4n) is 2.73. The molecular formula is C18H19F3N2O5. The third-order valence-corrected chi connectivity index (χ3v) is 4.02. The Morgan fingerprint density at radius 1 is 1.18 bits per heavy atom. The molecule has 10 heteroatoms. The summed E-state index contributed by atoms with van der Waals surface area (Å²) in [7, 11) is 0. The Morgan fingerprint density at radius 2 is 1.86 bits per heavy atom. The number of likely N-dealkylation sites (tertiary alicyclic amines) is 1. The Hall–Kier alpha value is -3.04. The molecule has 2 amide bonds. The SMILES string of the molecule is NC(=O)[C@H]1CCCCN1C(=O)COC(=O)/C=C/c1ccc(OC(F)(F)F)cc1. The Morgan fingerprint density at radius 3 is 2.46 bits per heavy atom. The summed E-state index contributed by atoms with van der Waals surface area (Å²) in [5, 5.41) is 0. The first-order chi connectivity index (χ1) is 13.2. The minimum atomic E-state index is -4.78. The molecule has 1 saturated heterocycles. The number of hydrogen-bond acceptors (Lipinski definition) is 5. The number of esters is 1. The van der Waals surface area contributed by atoms with Gasteiger partial charge in [0.2, 0.25) is 5.91 Å². The van der Waals surface area contributed by atoms with Gasteiger partial charge in [-0.1, -0.05) is 12.1 Å². The molecule has 1 atom stereocenters. The molecule has 152 valence electrons. The van der Waals surface area contributed by atoms with Crippen LogP contribution in [0.15, 0.2) is 30.3 Å². The van der Waals surface area contributed by atoms with Crippen molar-refractivity contribution in [2.24, 2.45) is 5.73 Å². The maximum absolute atomic E-state index is 12.2. The van der Waals surface area contributed by atoms with Crippen molar-refractivity contribution < 1.29 is 37.0 Å². The third-order valence-electron chi connectivity index (χ3n) is 4.02. The van der Waals surface area contributed by atoms with E-state index in [9.17, 15) is 27.6 Å². The van der Waals surface area contributed by atoms with Crippen molar-refractivity contribution >= 4 is 23.9 Å². The van der Waals surface area contributed by atoms with Gasteiger partial charge in [0.05, 0.1) is 0 Å². The molecule has 1 aliphatic heterocycles. The second-order valence-corrected chi connectivity index (χ2v) is 6.06. The summed E-state index contributed by atoms with van der Waals surface area (Å²) in [6.45, 7) is -0.169. The van der Waals surface area contributed by atoms with Gasteiger partial charge < -0.3 is 20.1 Å². The average Bonchev–Trinajstić information content (AvgIpc) is 2.64. The monoisotopic (exact) mass is 400 g/mol. The van der Waals surface area contributed by atoms with Crippen molar-refractivity contribution in [3.05, 3.63) is 35.9 Å². The van der Waals surface area contributed by atoms with E-state index < -0.39 is 36.8 Å². The first-order valence-corrected chi connectivity index (χ1v) is 8.45. The lowest BCUT2D eigenvalue weighted by Gasteiger charge is -2.33. The second kappa shape index (κ2) is 9.25. The van der Waals surface area contributed by atoms with Crippen molar-refractivity contribution in [3.8, 4) is 5.75 Å². The van der Waals surface area contributed by atoms with E-state index in [0.29, 0.717) is 18.5 Å². The highest BCUT2D eigenvalue weighted by molar-refractivity contribution is 5.91. The van der Waals surface area contributed by atoms with Crippen molar-refractivity contribution in [1.29, 1.82) is 0 Å². The van der Waals surface area contributed by atoms with Crippen LogP contribution in [0.3, 0.4) is 0 Å². The lowest BCUT2D eigenvalue weighted by Crippen LogP contribution is -2.51. The van der Waals surface area contributed by atoms with E-state index in [0.717, 1.165) is 31.1 Å². The first-order valence-electron chi connectivity index (χ1n) is 8.45. The molecule has 0 saturated carbocycles. The van der Waals surface area contributed by atoms with Gasteiger partial charge in [-0.15, -0.1) is 13.2 Å². The maximum Gasteiger partial charge on any atom is 0.573 e. The second-order valence-electron chi connectivity index (χ2n) is 6.06. The van der Waals surface area contributed by atoms with Crippen LogP contribution in [-0.4, -0.2) is 48.2 Å². The van der Waals surface area contributed by atoms with Crippen molar-refractivity contribution in [2.45, 2.75) is 31.7 Å². The minimum absolute atomic E-state index is 0.367. The fraction of sp³-hybridized carbons (Fsp3) is 0.389. The molecule has 7 nitrogen and oxygen atoms in total. The van der Waals surface area contributed by atoms with Crippen LogP contribution in [0.25, 0.3) is 6.08 Å². The normalized spacial score (nSPS) is 17.4. The molecule has 2 rings (SSSR count). The van der Waals surface area contributed by atoms with E-state index >= 15 is 0 Å². The summed E-state index contributed by atoms with van der Waals surface area (Å²) in [5.41, 5.74) is 5.72. The molecule has 1 aromatic carbocycles. The summed E-state index contributed by atoms with van der Waals surface area (Å²) < 4.78 is 44.9. The van der Waals surface area contributed by atoms with Crippen LogP contribution in [0.2, 0.25) is 0 Å². The van der Waals surface area contributed by atoms with Gasteiger partial charge in [0.15, 0.2) is 6.61 Å². The Labute approximate surface area is 158 Å². The highest BCUT2D eigenvalue weighted by Gasteiger charge is 2.31.